The number of halogens is 4. The Morgan fingerprint density at radius 3 is 2.41 bits per heavy atom. The van der Waals surface area contributed by atoms with Crippen LogP contribution in [0.5, 0.6) is 0 Å². The van der Waals surface area contributed by atoms with Crippen molar-refractivity contribution in [2.24, 2.45) is 0 Å². The molecule has 1 atom stereocenters. The number of nitrogens with zero attached hydrogens (tertiary/aromatic N) is 3. The molecule has 0 spiro atoms. The summed E-state index contributed by atoms with van der Waals surface area (Å²) in [6, 6.07) is 6.92. The maximum atomic E-state index is 15.0. The molecule has 0 fully saturated rings. The van der Waals surface area contributed by atoms with Gasteiger partial charge in [0.1, 0.15) is 30.0 Å². The van der Waals surface area contributed by atoms with Gasteiger partial charge in [0.25, 0.3) is 0 Å². The first-order valence-corrected chi connectivity index (χ1v) is 13.3. The highest BCUT2D eigenvalue weighted by atomic mass is 35.5. The Kier molecular flexibility index (Phi) is 6.40. The van der Waals surface area contributed by atoms with Crippen molar-refractivity contribution in [1.29, 1.82) is 0 Å². The Balaban J connectivity index is 1.84. The fourth-order valence-electron chi connectivity index (χ4n) is 3.58. The molecule has 1 N–H and O–H groups in total. The van der Waals surface area contributed by atoms with Gasteiger partial charge in [-0.1, -0.05) is 11.6 Å². The lowest BCUT2D eigenvalue weighted by Crippen LogP contribution is -2.11. The quantitative estimate of drug-likeness (QED) is 0.315. The van der Waals surface area contributed by atoms with Crippen molar-refractivity contribution in [2.45, 2.75) is 19.9 Å². The number of fused-ring (bicyclic) bond motifs is 1. The Hall–Kier alpha value is -2.96. The third kappa shape index (κ3) is 4.65. The molecular formula is C24H21ClF3N4OP. The Morgan fingerprint density at radius 2 is 1.76 bits per heavy atom. The number of rotatable bonds is 5. The first-order valence-electron chi connectivity index (χ1n) is 10.4. The zero-order chi connectivity index (χ0) is 24.8. The van der Waals surface area contributed by atoms with Crippen molar-refractivity contribution < 1.29 is 17.7 Å². The molecule has 3 aromatic heterocycles. The number of aryl methyl sites for hydroxylation is 1. The van der Waals surface area contributed by atoms with Crippen molar-refractivity contribution >= 4 is 40.9 Å². The Bertz CT molecular complexity index is 1460. The number of anilines is 1. The van der Waals surface area contributed by atoms with Gasteiger partial charge in [0.15, 0.2) is 5.82 Å². The molecular weight excluding hydrogens is 484 g/mol. The first-order chi connectivity index (χ1) is 16.0. The molecule has 0 radical (unpaired) electrons. The fraction of sp³-hybridized carbons (Fsp3) is 0.208. The average Bonchev–Trinajstić information content (AvgIpc) is 2.77. The molecule has 0 aliphatic rings. The Morgan fingerprint density at radius 1 is 1.03 bits per heavy atom. The van der Waals surface area contributed by atoms with Crippen molar-refractivity contribution in [1.82, 2.24) is 15.0 Å². The van der Waals surface area contributed by atoms with E-state index in [4.69, 9.17) is 11.6 Å². The van der Waals surface area contributed by atoms with Crippen molar-refractivity contribution in [3.05, 3.63) is 76.3 Å². The van der Waals surface area contributed by atoms with Crippen LogP contribution in [0.2, 0.25) is 5.02 Å². The highest BCUT2D eigenvalue weighted by molar-refractivity contribution is 7.69. The minimum absolute atomic E-state index is 0.00273. The summed E-state index contributed by atoms with van der Waals surface area (Å²) < 4.78 is 55.3. The predicted octanol–water partition coefficient (Wildman–Crippen LogP) is 6.49. The van der Waals surface area contributed by atoms with E-state index >= 15 is 0 Å². The molecule has 5 nitrogen and oxygen atoms in total. The van der Waals surface area contributed by atoms with E-state index in [1.54, 1.807) is 39.3 Å². The Labute approximate surface area is 199 Å². The van der Waals surface area contributed by atoms with Gasteiger partial charge < -0.3 is 9.88 Å². The van der Waals surface area contributed by atoms with Crippen LogP contribution in [0.25, 0.3) is 22.3 Å². The van der Waals surface area contributed by atoms with Gasteiger partial charge in [-0.15, -0.1) is 0 Å². The van der Waals surface area contributed by atoms with Crippen LogP contribution < -0.4 is 10.8 Å². The van der Waals surface area contributed by atoms with Crippen LogP contribution in [0.1, 0.15) is 24.2 Å². The van der Waals surface area contributed by atoms with Crippen molar-refractivity contribution in [3.63, 3.8) is 0 Å². The minimum Gasteiger partial charge on any atom is -0.375 e. The van der Waals surface area contributed by atoms with Gasteiger partial charge in [-0.05, 0) is 57.5 Å². The molecule has 0 saturated carbocycles. The predicted molar refractivity (Wildman–Crippen MR) is 130 cm³/mol. The molecule has 3 heterocycles. The molecule has 1 aromatic carbocycles. The van der Waals surface area contributed by atoms with Crippen LogP contribution in [0.4, 0.5) is 18.9 Å². The highest BCUT2D eigenvalue weighted by Crippen LogP contribution is 2.37. The van der Waals surface area contributed by atoms with Gasteiger partial charge >= 0.3 is 0 Å². The van der Waals surface area contributed by atoms with Crippen molar-refractivity contribution in [2.75, 3.05) is 18.6 Å². The molecule has 10 heteroatoms. The van der Waals surface area contributed by atoms with E-state index in [9.17, 15) is 17.7 Å². The lowest BCUT2D eigenvalue weighted by atomic mass is 10.1. The second kappa shape index (κ2) is 9.01. The highest BCUT2D eigenvalue weighted by Gasteiger charge is 2.21. The van der Waals surface area contributed by atoms with Crippen LogP contribution in [0.15, 0.2) is 42.6 Å². The lowest BCUT2D eigenvalue weighted by Gasteiger charge is -2.20. The van der Waals surface area contributed by atoms with E-state index in [1.807, 2.05) is 0 Å². The minimum atomic E-state index is -2.57. The van der Waals surface area contributed by atoms with Crippen LogP contribution in [-0.4, -0.2) is 28.3 Å². The molecule has 4 rings (SSSR count). The molecule has 176 valence electrons. The second-order valence-corrected chi connectivity index (χ2v) is 11.9. The topological polar surface area (TPSA) is 67.8 Å². The van der Waals surface area contributed by atoms with Crippen LogP contribution in [0.3, 0.4) is 0 Å². The zero-order valence-corrected chi connectivity index (χ0v) is 20.5. The third-order valence-electron chi connectivity index (χ3n) is 5.38. The van der Waals surface area contributed by atoms with E-state index in [2.05, 4.69) is 20.3 Å². The molecule has 0 aliphatic carbocycles. The number of aromatic nitrogens is 3. The van der Waals surface area contributed by atoms with E-state index in [-0.39, 0.29) is 27.3 Å². The summed E-state index contributed by atoms with van der Waals surface area (Å²) >= 11 is 6.51. The molecule has 0 saturated heterocycles. The van der Waals surface area contributed by atoms with Gasteiger partial charge in [0, 0.05) is 23.4 Å². The molecule has 0 bridgehead atoms. The maximum absolute atomic E-state index is 15.0. The standard InChI is InChI=1S/C24H21ClF3N4OP/c1-12(16-9-15(26)6-7-17(16)27)31-24-21(25)13(2)30-19-10-18(28)22(32-23(19)24)14-5-8-20(29-11-14)34(3,4)33/h5-12H,1-4H3,(H,30,31)/t12-/m0/s1. The summed E-state index contributed by atoms with van der Waals surface area (Å²) in [6.45, 7) is 6.50. The van der Waals surface area contributed by atoms with E-state index < -0.39 is 30.6 Å². The molecule has 0 aliphatic heterocycles. The van der Waals surface area contributed by atoms with Crippen LogP contribution >= 0.6 is 18.7 Å². The van der Waals surface area contributed by atoms with Crippen molar-refractivity contribution in [3.8, 4) is 11.3 Å². The number of pyridine rings is 3. The van der Waals surface area contributed by atoms with Crippen LogP contribution in [0, 0.1) is 24.4 Å². The molecule has 34 heavy (non-hydrogen) atoms. The average molecular weight is 505 g/mol. The maximum Gasteiger partial charge on any atom is 0.151 e. The zero-order valence-electron chi connectivity index (χ0n) is 18.8. The summed E-state index contributed by atoms with van der Waals surface area (Å²) in [5.41, 5.74) is 2.15. The van der Waals surface area contributed by atoms with Gasteiger partial charge in [0.05, 0.1) is 33.4 Å². The third-order valence-corrected chi connectivity index (χ3v) is 7.21. The van der Waals surface area contributed by atoms with Crippen LogP contribution in [-0.2, 0) is 4.57 Å². The van der Waals surface area contributed by atoms with E-state index in [0.29, 0.717) is 22.4 Å². The smallest absolute Gasteiger partial charge is 0.151 e. The van der Waals surface area contributed by atoms with Gasteiger partial charge in [-0.25, -0.2) is 23.1 Å². The number of benzene rings is 1. The number of nitrogens with one attached hydrogen (secondary N) is 1. The lowest BCUT2D eigenvalue weighted by molar-refractivity contribution is 0.577. The summed E-state index contributed by atoms with van der Waals surface area (Å²) in [6.07, 6.45) is 1.41. The molecule has 0 amide bonds. The number of hydrogen-bond acceptors (Lipinski definition) is 5. The largest absolute Gasteiger partial charge is 0.375 e. The van der Waals surface area contributed by atoms with E-state index in [0.717, 1.165) is 18.2 Å². The van der Waals surface area contributed by atoms with Gasteiger partial charge in [-0.2, -0.15) is 0 Å². The van der Waals surface area contributed by atoms with Gasteiger partial charge in [0.2, 0.25) is 0 Å². The molecule has 0 unspecified atom stereocenters. The molecule has 4 aromatic rings. The normalized spacial score (nSPS) is 12.7. The van der Waals surface area contributed by atoms with E-state index in [1.165, 1.54) is 12.3 Å². The van der Waals surface area contributed by atoms with Gasteiger partial charge in [-0.3, -0.25) is 4.98 Å². The second-order valence-electron chi connectivity index (χ2n) is 8.36. The SMILES string of the molecule is Cc1nc2cc(F)c(-c3ccc(P(C)(C)=O)nc3)nc2c(N[C@@H](C)c2cc(F)ccc2F)c1Cl. The fourth-order valence-corrected chi connectivity index (χ4v) is 4.54. The summed E-state index contributed by atoms with van der Waals surface area (Å²) in [7, 11) is -2.57. The summed E-state index contributed by atoms with van der Waals surface area (Å²) in [4.78, 5) is 13.0. The summed E-state index contributed by atoms with van der Waals surface area (Å²) in [5.74, 6) is -1.78. The number of hydrogen-bond donors (Lipinski definition) is 1. The monoisotopic (exact) mass is 504 g/mol. The first kappa shape index (κ1) is 24.2. The summed E-state index contributed by atoms with van der Waals surface area (Å²) in [5, 5.41) is 3.32.